The first-order chi connectivity index (χ1) is 12.1. The highest BCUT2D eigenvalue weighted by Gasteiger charge is 2.20. The number of ether oxygens (including phenoxy) is 1. The number of para-hydroxylation sites is 1. The first kappa shape index (κ1) is 17.0. The molecule has 3 rings (SSSR count). The highest BCUT2D eigenvalue weighted by atomic mass is 16.5. The molecular formula is C21H20O4. The van der Waals surface area contributed by atoms with E-state index in [4.69, 9.17) is 9.15 Å². The minimum absolute atomic E-state index is 0.146. The Balaban J connectivity index is 1.66. The van der Waals surface area contributed by atoms with Gasteiger partial charge in [-0.05, 0) is 25.0 Å². The third-order valence-electron chi connectivity index (χ3n) is 4.18. The van der Waals surface area contributed by atoms with E-state index in [1.165, 1.54) is 5.56 Å². The summed E-state index contributed by atoms with van der Waals surface area (Å²) in [5.74, 6) is -0.706. The van der Waals surface area contributed by atoms with Crippen molar-refractivity contribution in [2.24, 2.45) is 0 Å². The molecule has 0 unspecified atom stereocenters. The van der Waals surface area contributed by atoms with Crippen LogP contribution >= 0.6 is 0 Å². The molecule has 2 aromatic carbocycles. The normalized spacial score (nSPS) is 10.8. The van der Waals surface area contributed by atoms with Gasteiger partial charge in [-0.15, -0.1) is 0 Å². The van der Waals surface area contributed by atoms with Crippen LogP contribution in [-0.2, 0) is 11.2 Å². The number of Topliss-reactive ketones (excluding diaryl/α,β-unsaturated/α-hetero) is 1. The lowest BCUT2D eigenvalue weighted by Crippen LogP contribution is -2.14. The van der Waals surface area contributed by atoms with Crippen molar-refractivity contribution in [3.63, 3.8) is 0 Å². The van der Waals surface area contributed by atoms with Gasteiger partial charge in [-0.25, -0.2) is 4.79 Å². The summed E-state index contributed by atoms with van der Waals surface area (Å²) in [6.45, 7) is 3.61. The molecule has 0 fully saturated rings. The van der Waals surface area contributed by atoms with Crippen molar-refractivity contribution in [2.75, 3.05) is 6.61 Å². The molecule has 0 aliphatic carbocycles. The highest BCUT2D eigenvalue weighted by molar-refractivity contribution is 6.00. The molecule has 1 heterocycles. The number of hydrogen-bond acceptors (Lipinski definition) is 4. The van der Waals surface area contributed by atoms with Gasteiger partial charge < -0.3 is 9.15 Å². The second kappa shape index (κ2) is 7.34. The second-order valence-electron chi connectivity index (χ2n) is 6.00. The van der Waals surface area contributed by atoms with Crippen LogP contribution in [0.4, 0.5) is 0 Å². The Bertz CT molecular complexity index is 903. The minimum atomic E-state index is -0.621. The quantitative estimate of drug-likeness (QED) is 0.482. The molecule has 0 N–H and O–H groups in total. The van der Waals surface area contributed by atoms with Crippen LogP contribution < -0.4 is 0 Å². The number of rotatable bonds is 6. The van der Waals surface area contributed by atoms with Gasteiger partial charge >= 0.3 is 5.97 Å². The maximum Gasteiger partial charge on any atom is 0.375 e. The molecule has 0 saturated carbocycles. The van der Waals surface area contributed by atoms with Gasteiger partial charge in [-0.2, -0.15) is 0 Å². The van der Waals surface area contributed by atoms with E-state index in [0.717, 1.165) is 23.8 Å². The molecule has 3 aromatic rings. The number of fused-ring (bicyclic) bond motifs is 1. The van der Waals surface area contributed by atoms with Crippen molar-refractivity contribution in [1.82, 2.24) is 0 Å². The molecule has 25 heavy (non-hydrogen) atoms. The Morgan fingerprint density at radius 2 is 1.76 bits per heavy atom. The zero-order valence-electron chi connectivity index (χ0n) is 14.4. The van der Waals surface area contributed by atoms with Gasteiger partial charge in [-0.1, -0.05) is 55.8 Å². The van der Waals surface area contributed by atoms with Crippen LogP contribution in [0.2, 0.25) is 0 Å². The Hall–Kier alpha value is -2.88. The SMILES string of the molecule is CCCc1ccc(C(=O)COC(=O)c2oc3ccccc3c2C)cc1. The molecule has 0 spiro atoms. The third-order valence-corrected chi connectivity index (χ3v) is 4.18. The van der Waals surface area contributed by atoms with Gasteiger partial charge in [0.1, 0.15) is 5.58 Å². The Labute approximate surface area is 146 Å². The molecule has 0 radical (unpaired) electrons. The van der Waals surface area contributed by atoms with Crippen LogP contribution in [-0.4, -0.2) is 18.4 Å². The fraction of sp³-hybridized carbons (Fsp3) is 0.238. The van der Waals surface area contributed by atoms with Crippen molar-refractivity contribution in [1.29, 1.82) is 0 Å². The molecule has 0 bridgehead atoms. The van der Waals surface area contributed by atoms with Gasteiger partial charge in [0.25, 0.3) is 0 Å². The first-order valence-electron chi connectivity index (χ1n) is 8.37. The van der Waals surface area contributed by atoms with Crippen molar-refractivity contribution < 1.29 is 18.7 Å². The van der Waals surface area contributed by atoms with E-state index in [9.17, 15) is 9.59 Å². The lowest BCUT2D eigenvalue weighted by atomic mass is 10.1. The van der Waals surface area contributed by atoms with Crippen LogP contribution in [0, 0.1) is 6.92 Å². The Kier molecular flexibility index (Phi) is 4.98. The molecule has 0 aliphatic rings. The van der Waals surface area contributed by atoms with E-state index < -0.39 is 5.97 Å². The summed E-state index contributed by atoms with van der Waals surface area (Å²) in [7, 11) is 0. The molecule has 0 saturated heterocycles. The van der Waals surface area contributed by atoms with Crippen LogP contribution in [0.25, 0.3) is 11.0 Å². The topological polar surface area (TPSA) is 56.5 Å². The average Bonchev–Trinajstić information content (AvgIpc) is 2.97. The summed E-state index contributed by atoms with van der Waals surface area (Å²) in [5, 5.41) is 0.868. The minimum Gasteiger partial charge on any atom is -0.451 e. The predicted molar refractivity (Wildman–Crippen MR) is 96.0 cm³/mol. The molecule has 0 atom stereocenters. The zero-order chi connectivity index (χ0) is 17.8. The van der Waals surface area contributed by atoms with Crippen LogP contribution in [0.1, 0.15) is 45.4 Å². The summed E-state index contributed by atoms with van der Waals surface area (Å²) in [5.41, 5.74) is 3.07. The number of ketones is 1. The van der Waals surface area contributed by atoms with Crippen molar-refractivity contribution >= 4 is 22.7 Å². The Morgan fingerprint density at radius 1 is 1.04 bits per heavy atom. The number of esters is 1. The zero-order valence-corrected chi connectivity index (χ0v) is 14.4. The monoisotopic (exact) mass is 336 g/mol. The molecule has 128 valence electrons. The maximum absolute atomic E-state index is 12.2. The number of carbonyl (C=O) groups is 2. The van der Waals surface area contributed by atoms with E-state index in [2.05, 4.69) is 6.92 Å². The standard InChI is InChI=1S/C21H20O4/c1-3-6-15-9-11-16(12-10-15)18(22)13-24-21(23)20-14(2)17-7-4-5-8-19(17)25-20/h4-5,7-12H,3,6,13H2,1-2H3. The van der Waals surface area contributed by atoms with Crippen molar-refractivity contribution in [3.8, 4) is 0 Å². The third kappa shape index (κ3) is 3.63. The van der Waals surface area contributed by atoms with E-state index in [1.807, 2.05) is 30.3 Å². The summed E-state index contributed by atoms with van der Waals surface area (Å²) in [6, 6.07) is 14.8. The molecule has 1 aromatic heterocycles. The molecule has 4 heteroatoms. The summed E-state index contributed by atoms with van der Waals surface area (Å²) in [6.07, 6.45) is 2.04. The van der Waals surface area contributed by atoms with E-state index in [-0.39, 0.29) is 18.2 Å². The fourth-order valence-corrected chi connectivity index (χ4v) is 2.79. The van der Waals surface area contributed by atoms with E-state index in [1.54, 1.807) is 25.1 Å². The van der Waals surface area contributed by atoms with Gasteiger partial charge in [0.2, 0.25) is 5.76 Å². The van der Waals surface area contributed by atoms with Crippen LogP contribution in [0.5, 0.6) is 0 Å². The highest BCUT2D eigenvalue weighted by Crippen LogP contribution is 2.25. The predicted octanol–water partition coefficient (Wildman–Crippen LogP) is 4.73. The van der Waals surface area contributed by atoms with Crippen LogP contribution in [0.15, 0.2) is 52.9 Å². The largest absolute Gasteiger partial charge is 0.451 e. The maximum atomic E-state index is 12.2. The molecule has 4 nitrogen and oxygen atoms in total. The number of benzene rings is 2. The summed E-state index contributed by atoms with van der Waals surface area (Å²) < 4.78 is 10.7. The van der Waals surface area contributed by atoms with Gasteiger partial charge in [0.15, 0.2) is 12.4 Å². The smallest absolute Gasteiger partial charge is 0.375 e. The number of carbonyl (C=O) groups excluding carboxylic acids is 2. The van der Waals surface area contributed by atoms with Gasteiger partial charge in [0.05, 0.1) is 0 Å². The van der Waals surface area contributed by atoms with Crippen LogP contribution in [0.3, 0.4) is 0 Å². The van der Waals surface area contributed by atoms with Gasteiger partial charge in [0, 0.05) is 16.5 Å². The summed E-state index contributed by atoms with van der Waals surface area (Å²) in [4.78, 5) is 24.4. The summed E-state index contributed by atoms with van der Waals surface area (Å²) >= 11 is 0. The van der Waals surface area contributed by atoms with E-state index >= 15 is 0 Å². The average molecular weight is 336 g/mol. The van der Waals surface area contributed by atoms with E-state index in [0.29, 0.717) is 11.1 Å². The number of furan rings is 1. The molecular weight excluding hydrogens is 316 g/mol. The lowest BCUT2D eigenvalue weighted by molar-refractivity contribution is 0.0445. The first-order valence-corrected chi connectivity index (χ1v) is 8.37. The van der Waals surface area contributed by atoms with Crippen molar-refractivity contribution in [2.45, 2.75) is 26.7 Å². The second-order valence-corrected chi connectivity index (χ2v) is 6.00. The Morgan fingerprint density at radius 3 is 2.44 bits per heavy atom. The van der Waals surface area contributed by atoms with Crippen molar-refractivity contribution in [3.05, 3.63) is 71.0 Å². The number of aryl methyl sites for hydroxylation is 2. The molecule has 0 amide bonds. The lowest BCUT2D eigenvalue weighted by Gasteiger charge is -2.04. The molecule has 0 aliphatic heterocycles. The fourth-order valence-electron chi connectivity index (χ4n) is 2.79. The number of hydrogen-bond donors (Lipinski definition) is 0. The van der Waals surface area contributed by atoms with Gasteiger partial charge in [-0.3, -0.25) is 4.79 Å².